The molecule has 0 amide bonds. The van der Waals surface area contributed by atoms with Gasteiger partial charge in [-0.2, -0.15) is 22.9 Å². The SMILES string of the molecule is CCCOc1ccc(/C=N/n2c(C(F)(F)F)n[nH]c2=S)c(O)c1. The topological polar surface area (TPSA) is 75.4 Å². The average molecular weight is 346 g/mol. The van der Waals surface area contributed by atoms with E-state index in [2.05, 4.69) is 10.2 Å². The number of aromatic hydroxyl groups is 1. The summed E-state index contributed by atoms with van der Waals surface area (Å²) < 4.78 is 43.7. The molecule has 0 radical (unpaired) electrons. The summed E-state index contributed by atoms with van der Waals surface area (Å²) in [6.07, 6.45) is -2.84. The predicted molar refractivity (Wildman–Crippen MR) is 79.3 cm³/mol. The van der Waals surface area contributed by atoms with Crippen LogP contribution in [0.25, 0.3) is 0 Å². The first-order valence-electron chi connectivity index (χ1n) is 6.57. The van der Waals surface area contributed by atoms with Crippen LogP contribution in [-0.2, 0) is 6.18 Å². The third-order valence-electron chi connectivity index (χ3n) is 2.69. The Labute approximate surface area is 134 Å². The van der Waals surface area contributed by atoms with Crippen molar-refractivity contribution in [3.8, 4) is 11.5 Å². The third-order valence-corrected chi connectivity index (χ3v) is 2.96. The van der Waals surface area contributed by atoms with Crippen LogP contribution in [0.15, 0.2) is 23.3 Å². The third kappa shape index (κ3) is 4.09. The van der Waals surface area contributed by atoms with E-state index in [1.807, 2.05) is 12.0 Å². The fourth-order valence-electron chi connectivity index (χ4n) is 1.64. The highest BCUT2D eigenvalue weighted by Crippen LogP contribution is 2.27. The maximum atomic E-state index is 12.7. The molecule has 0 saturated carbocycles. The summed E-state index contributed by atoms with van der Waals surface area (Å²) in [6, 6.07) is 4.41. The second-order valence-electron chi connectivity index (χ2n) is 4.48. The number of H-pyrrole nitrogens is 1. The molecule has 0 spiro atoms. The molecule has 0 bridgehead atoms. The average Bonchev–Trinajstić information content (AvgIpc) is 2.85. The highest BCUT2D eigenvalue weighted by molar-refractivity contribution is 7.71. The second-order valence-corrected chi connectivity index (χ2v) is 4.86. The highest BCUT2D eigenvalue weighted by Gasteiger charge is 2.37. The lowest BCUT2D eigenvalue weighted by Gasteiger charge is -2.06. The van der Waals surface area contributed by atoms with Crippen LogP contribution in [0.2, 0.25) is 0 Å². The van der Waals surface area contributed by atoms with Crippen LogP contribution in [0.3, 0.4) is 0 Å². The number of benzene rings is 1. The van der Waals surface area contributed by atoms with Crippen molar-refractivity contribution in [2.24, 2.45) is 5.10 Å². The molecule has 2 N–H and O–H groups in total. The number of halogens is 3. The number of hydrogen-bond donors (Lipinski definition) is 2. The van der Waals surface area contributed by atoms with Crippen LogP contribution < -0.4 is 4.74 Å². The van der Waals surface area contributed by atoms with Crippen LogP contribution in [0.1, 0.15) is 24.7 Å². The van der Waals surface area contributed by atoms with Gasteiger partial charge in [0.1, 0.15) is 11.5 Å². The Morgan fingerprint density at radius 2 is 2.22 bits per heavy atom. The first kappa shape index (κ1) is 17.0. The second kappa shape index (κ2) is 6.82. The Morgan fingerprint density at radius 1 is 1.48 bits per heavy atom. The molecule has 0 aliphatic rings. The van der Waals surface area contributed by atoms with Gasteiger partial charge in [-0.05, 0) is 30.8 Å². The van der Waals surface area contributed by atoms with E-state index >= 15 is 0 Å². The number of hydrogen-bond acceptors (Lipinski definition) is 5. The standard InChI is InChI=1S/C13H13F3N4O2S/c1-2-5-22-9-4-3-8(10(21)6-9)7-17-20-11(13(14,15)16)18-19-12(20)23/h3-4,6-7,21H,2,5H2,1H3,(H,19,23)/b17-7+. The molecule has 0 aliphatic carbocycles. The normalized spacial score (nSPS) is 12.0. The zero-order chi connectivity index (χ0) is 17.0. The van der Waals surface area contributed by atoms with Gasteiger partial charge in [0.2, 0.25) is 4.77 Å². The lowest BCUT2D eigenvalue weighted by molar-refractivity contribution is -0.147. The van der Waals surface area contributed by atoms with Gasteiger partial charge in [0.25, 0.3) is 5.82 Å². The fourth-order valence-corrected chi connectivity index (χ4v) is 1.82. The molecule has 0 aliphatic heterocycles. The number of nitrogens with zero attached hydrogens (tertiary/aromatic N) is 3. The van der Waals surface area contributed by atoms with E-state index < -0.39 is 12.0 Å². The van der Waals surface area contributed by atoms with Gasteiger partial charge in [0, 0.05) is 11.6 Å². The van der Waals surface area contributed by atoms with Crippen molar-refractivity contribution in [3.63, 3.8) is 0 Å². The Kier molecular flexibility index (Phi) is 5.04. The van der Waals surface area contributed by atoms with Crippen molar-refractivity contribution in [1.82, 2.24) is 14.9 Å². The van der Waals surface area contributed by atoms with Crippen LogP contribution in [0, 0.1) is 4.77 Å². The number of aromatic nitrogens is 3. The molecule has 0 fully saturated rings. The molecule has 124 valence electrons. The number of ether oxygens (including phenoxy) is 1. The number of nitrogens with one attached hydrogen (secondary N) is 1. The summed E-state index contributed by atoms with van der Waals surface area (Å²) in [7, 11) is 0. The summed E-state index contributed by atoms with van der Waals surface area (Å²) >= 11 is 4.71. The van der Waals surface area contributed by atoms with E-state index in [1.165, 1.54) is 12.1 Å². The Hall–Kier alpha value is -2.36. The minimum Gasteiger partial charge on any atom is -0.507 e. The van der Waals surface area contributed by atoms with Crippen LogP contribution in [-0.4, -0.2) is 32.8 Å². The van der Waals surface area contributed by atoms with Gasteiger partial charge in [0.05, 0.1) is 12.8 Å². The fraction of sp³-hybridized carbons (Fsp3) is 0.308. The van der Waals surface area contributed by atoms with Gasteiger partial charge in [-0.3, -0.25) is 0 Å². The molecular weight excluding hydrogens is 333 g/mol. The summed E-state index contributed by atoms with van der Waals surface area (Å²) in [5.74, 6) is -0.996. The van der Waals surface area contributed by atoms with Gasteiger partial charge in [-0.25, -0.2) is 5.10 Å². The molecule has 2 rings (SSSR count). The first-order valence-corrected chi connectivity index (χ1v) is 6.98. The van der Waals surface area contributed by atoms with Gasteiger partial charge in [-0.1, -0.05) is 6.92 Å². The lowest BCUT2D eigenvalue weighted by Crippen LogP contribution is -2.12. The molecule has 1 aromatic heterocycles. The Bertz CT molecular complexity index is 767. The predicted octanol–water partition coefficient (Wildman–Crippen LogP) is 3.34. The van der Waals surface area contributed by atoms with Crippen molar-refractivity contribution in [1.29, 1.82) is 0 Å². The monoisotopic (exact) mass is 346 g/mol. The van der Waals surface area contributed by atoms with Crippen molar-refractivity contribution < 1.29 is 23.0 Å². The lowest BCUT2D eigenvalue weighted by atomic mass is 10.2. The number of aromatic amines is 1. The summed E-state index contributed by atoms with van der Waals surface area (Å²) in [5.41, 5.74) is 0.213. The summed E-state index contributed by atoms with van der Waals surface area (Å²) in [4.78, 5) is 0. The molecule has 0 unspecified atom stereocenters. The maximum absolute atomic E-state index is 12.7. The number of alkyl halides is 3. The van der Waals surface area contributed by atoms with Crippen LogP contribution in [0.4, 0.5) is 13.2 Å². The van der Waals surface area contributed by atoms with Gasteiger partial charge >= 0.3 is 6.18 Å². The Balaban J connectivity index is 2.28. The number of phenolic OH excluding ortho intramolecular Hbond substituents is 1. The zero-order valence-corrected chi connectivity index (χ0v) is 12.8. The molecule has 23 heavy (non-hydrogen) atoms. The molecule has 0 atom stereocenters. The molecular formula is C13H13F3N4O2S. The van der Waals surface area contributed by atoms with E-state index in [-0.39, 0.29) is 16.1 Å². The molecule has 1 aromatic carbocycles. The summed E-state index contributed by atoms with van der Waals surface area (Å²) in [5, 5.41) is 18.6. The van der Waals surface area contributed by atoms with E-state index in [0.29, 0.717) is 17.0 Å². The quantitative estimate of drug-likeness (QED) is 0.643. The van der Waals surface area contributed by atoms with Gasteiger partial charge < -0.3 is 9.84 Å². The minimum absolute atomic E-state index is 0.175. The molecule has 2 aromatic rings. The molecule has 0 saturated heterocycles. The number of phenols is 1. The van der Waals surface area contributed by atoms with E-state index in [9.17, 15) is 18.3 Å². The zero-order valence-electron chi connectivity index (χ0n) is 12.0. The molecule has 10 heteroatoms. The van der Waals surface area contributed by atoms with Crippen molar-refractivity contribution in [3.05, 3.63) is 34.4 Å². The maximum Gasteiger partial charge on any atom is 0.453 e. The number of rotatable bonds is 5. The van der Waals surface area contributed by atoms with Gasteiger partial charge in [-0.15, -0.1) is 5.10 Å². The van der Waals surface area contributed by atoms with Crippen molar-refractivity contribution in [2.45, 2.75) is 19.5 Å². The van der Waals surface area contributed by atoms with Crippen molar-refractivity contribution >= 4 is 18.4 Å². The van der Waals surface area contributed by atoms with Crippen molar-refractivity contribution in [2.75, 3.05) is 6.61 Å². The smallest absolute Gasteiger partial charge is 0.453 e. The molecule has 6 nitrogen and oxygen atoms in total. The molecule has 1 heterocycles. The van der Waals surface area contributed by atoms with Gasteiger partial charge in [0.15, 0.2) is 0 Å². The first-order chi connectivity index (χ1) is 10.8. The highest BCUT2D eigenvalue weighted by atomic mass is 32.1. The van der Waals surface area contributed by atoms with E-state index in [1.54, 1.807) is 6.07 Å². The van der Waals surface area contributed by atoms with Crippen LogP contribution in [0.5, 0.6) is 11.5 Å². The largest absolute Gasteiger partial charge is 0.507 e. The minimum atomic E-state index is -4.70. The van der Waals surface area contributed by atoms with E-state index in [0.717, 1.165) is 12.6 Å². The van der Waals surface area contributed by atoms with E-state index in [4.69, 9.17) is 17.0 Å². The summed E-state index contributed by atoms with van der Waals surface area (Å²) in [6.45, 7) is 2.43. The van der Waals surface area contributed by atoms with Crippen LogP contribution >= 0.6 is 12.2 Å². The Morgan fingerprint density at radius 3 is 2.83 bits per heavy atom.